The third kappa shape index (κ3) is 2.84. The molecular weight excluding hydrogens is 248 g/mol. The molecule has 1 N–H and O–H groups in total. The second kappa shape index (κ2) is 6.15. The van der Waals surface area contributed by atoms with Gasteiger partial charge in [0, 0.05) is 24.1 Å². The number of nitrogens with zero attached hydrogens (tertiary/aromatic N) is 1. The summed E-state index contributed by atoms with van der Waals surface area (Å²) in [5.41, 5.74) is 1.33. The summed E-state index contributed by atoms with van der Waals surface area (Å²) in [5, 5.41) is 3.81. The number of nitrogens with one attached hydrogen (secondary N) is 1. The average molecular weight is 274 g/mol. The molecule has 2 aliphatic rings. The first kappa shape index (κ1) is 13.9. The molecule has 0 spiro atoms. The van der Waals surface area contributed by atoms with E-state index in [0.717, 1.165) is 24.8 Å². The first-order chi connectivity index (χ1) is 9.78. The van der Waals surface area contributed by atoms with Crippen LogP contribution in [0.5, 0.6) is 5.75 Å². The minimum absolute atomic E-state index is 0.440. The molecule has 110 valence electrons. The Morgan fingerprint density at radius 1 is 1.35 bits per heavy atom. The van der Waals surface area contributed by atoms with Crippen molar-refractivity contribution >= 4 is 0 Å². The van der Waals surface area contributed by atoms with Crippen LogP contribution < -0.4 is 10.1 Å². The number of hydrogen-bond donors (Lipinski definition) is 1. The summed E-state index contributed by atoms with van der Waals surface area (Å²) in [6, 6.07) is 8.90. The van der Waals surface area contributed by atoms with Gasteiger partial charge in [0.15, 0.2) is 0 Å². The molecule has 1 aromatic carbocycles. The molecule has 3 unspecified atom stereocenters. The van der Waals surface area contributed by atoms with Crippen LogP contribution in [0.15, 0.2) is 24.3 Å². The van der Waals surface area contributed by atoms with Gasteiger partial charge in [-0.05, 0) is 38.0 Å². The van der Waals surface area contributed by atoms with Crippen LogP contribution in [-0.2, 0) is 0 Å². The molecule has 0 bridgehead atoms. The third-order valence-corrected chi connectivity index (χ3v) is 4.77. The van der Waals surface area contributed by atoms with E-state index in [0.29, 0.717) is 12.0 Å². The Kier molecular flexibility index (Phi) is 4.27. The van der Waals surface area contributed by atoms with Gasteiger partial charge in [-0.3, -0.25) is 0 Å². The molecule has 0 saturated carbocycles. The lowest BCUT2D eigenvalue weighted by molar-refractivity contribution is 0.185. The highest BCUT2D eigenvalue weighted by molar-refractivity contribution is 5.37. The van der Waals surface area contributed by atoms with Crippen molar-refractivity contribution in [1.29, 1.82) is 0 Å². The van der Waals surface area contributed by atoms with E-state index in [-0.39, 0.29) is 0 Å². The molecule has 20 heavy (non-hydrogen) atoms. The van der Waals surface area contributed by atoms with E-state index < -0.39 is 0 Å². The van der Waals surface area contributed by atoms with Gasteiger partial charge in [0.05, 0.1) is 6.61 Å². The molecule has 2 heterocycles. The molecule has 1 saturated heterocycles. The summed E-state index contributed by atoms with van der Waals surface area (Å²) < 4.78 is 5.82. The Labute approximate surface area is 122 Å². The monoisotopic (exact) mass is 274 g/mol. The lowest BCUT2D eigenvalue weighted by Gasteiger charge is -2.33. The van der Waals surface area contributed by atoms with Crippen LogP contribution in [0, 0.1) is 11.8 Å². The zero-order valence-electron chi connectivity index (χ0n) is 12.6. The van der Waals surface area contributed by atoms with Crippen molar-refractivity contribution in [3.05, 3.63) is 29.8 Å². The third-order valence-electron chi connectivity index (χ3n) is 4.77. The smallest absolute Gasteiger partial charge is 0.124 e. The summed E-state index contributed by atoms with van der Waals surface area (Å²) in [6.45, 7) is 10.2. The van der Waals surface area contributed by atoms with Gasteiger partial charge in [-0.25, -0.2) is 0 Å². The molecular formula is C17H26N2O. The lowest BCUT2D eigenvalue weighted by atomic mass is 9.91. The Bertz CT molecular complexity index is 448. The van der Waals surface area contributed by atoms with Crippen molar-refractivity contribution < 1.29 is 4.74 Å². The fourth-order valence-electron chi connectivity index (χ4n) is 3.46. The highest BCUT2D eigenvalue weighted by Crippen LogP contribution is 2.35. The molecule has 1 aromatic rings. The molecule has 3 heteroatoms. The van der Waals surface area contributed by atoms with E-state index in [9.17, 15) is 0 Å². The molecule has 3 atom stereocenters. The van der Waals surface area contributed by atoms with Crippen LogP contribution in [0.25, 0.3) is 0 Å². The fourth-order valence-corrected chi connectivity index (χ4v) is 3.46. The van der Waals surface area contributed by atoms with Gasteiger partial charge in [-0.15, -0.1) is 0 Å². The number of rotatable bonds is 4. The SMILES string of the molecule is CCN1CCC(CNC2c3ccccc3OCC2C)C1. The van der Waals surface area contributed by atoms with Crippen molar-refractivity contribution in [2.45, 2.75) is 26.3 Å². The molecule has 3 nitrogen and oxygen atoms in total. The molecule has 0 aliphatic carbocycles. The van der Waals surface area contributed by atoms with E-state index in [1.165, 1.54) is 31.6 Å². The molecule has 0 aromatic heterocycles. The topological polar surface area (TPSA) is 24.5 Å². The molecule has 0 amide bonds. The number of hydrogen-bond acceptors (Lipinski definition) is 3. The Balaban J connectivity index is 1.62. The van der Waals surface area contributed by atoms with E-state index in [1.807, 2.05) is 0 Å². The normalized spacial score (nSPS) is 30.0. The number of likely N-dealkylation sites (tertiary alicyclic amines) is 1. The fraction of sp³-hybridized carbons (Fsp3) is 0.647. The predicted octanol–water partition coefficient (Wildman–Crippen LogP) is 2.69. The quantitative estimate of drug-likeness (QED) is 0.913. The number of benzene rings is 1. The van der Waals surface area contributed by atoms with Crippen LogP contribution in [0.3, 0.4) is 0 Å². The largest absolute Gasteiger partial charge is 0.493 e. The maximum Gasteiger partial charge on any atom is 0.124 e. The van der Waals surface area contributed by atoms with E-state index >= 15 is 0 Å². The van der Waals surface area contributed by atoms with Crippen molar-refractivity contribution in [3.63, 3.8) is 0 Å². The van der Waals surface area contributed by atoms with Gasteiger partial charge >= 0.3 is 0 Å². The summed E-state index contributed by atoms with van der Waals surface area (Å²) in [7, 11) is 0. The number of fused-ring (bicyclic) bond motifs is 1. The zero-order valence-corrected chi connectivity index (χ0v) is 12.6. The van der Waals surface area contributed by atoms with Crippen LogP contribution in [0.2, 0.25) is 0 Å². The van der Waals surface area contributed by atoms with Gasteiger partial charge in [-0.1, -0.05) is 32.0 Å². The first-order valence-electron chi connectivity index (χ1n) is 7.95. The number of ether oxygens (including phenoxy) is 1. The summed E-state index contributed by atoms with van der Waals surface area (Å²) in [5.74, 6) is 2.40. The van der Waals surface area contributed by atoms with Crippen LogP contribution >= 0.6 is 0 Å². The van der Waals surface area contributed by atoms with Crippen molar-refractivity contribution in [3.8, 4) is 5.75 Å². The predicted molar refractivity (Wildman–Crippen MR) is 82.1 cm³/mol. The molecule has 2 aliphatic heterocycles. The second-order valence-corrected chi connectivity index (χ2v) is 6.26. The minimum atomic E-state index is 0.440. The van der Waals surface area contributed by atoms with Crippen molar-refractivity contribution in [2.24, 2.45) is 11.8 Å². The maximum absolute atomic E-state index is 5.82. The first-order valence-corrected chi connectivity index (χ1v) is 7.95. The van der Waals surface area contributed by atoms with E-state index in [4.69, 9.17) is 4.74 Å². The molecule has 1 fully saturated rings. The van der Waals surface area contributed by atoms with Gasteiger partial charge < -0.3 is 15.0 Å². The second-order valence-electron chi connectivity index (χ2n) is 6.26. The summed E-state index contributed by atoms with van der Waals surface area (Å²) >= 11 is 0. The van der Waals surface area contributed by atoms with Crippen LogP contribution in [0.1, 0.15) is 31.9 Å². The zero-order chi connectivity index (χ0) is 13.9. The van der Waals surface area contributed by atoms with Gasteiger partial charge in [-0.2, -0.15) is 0 Å². The van der Waals surface area contributed by atoms with E-state index in [2.05, 4.69) is 48.3 Å². The number of para-hydroxylation sites is 1. The average Bonchev–Trinajstić information content (AvgIpc) is 2.94. The van der Waals surface area contributed by atoms with Crippen LogP contribution in [-0.4, -0.2) is 37.7 Å². The minimum Gasteiger partial charge on any atom is -0.493 e. The van der Waals surface area contributed by atoms with Crippen molar-refractivity contribution in [2.75, 3.05) is 32.8 Å². The van der Waals surface area contributed by atoms with Crippen LogP contribution in [0.4, 0.5) is 0 Å². The Hall–Kier alpha value is -1.06. The maximum atomic E-state index is 5.82. The highest BCUT2D eigenvalue weighted by Gasteiger charge is 2.29. The molecule has 0 radical (unpaired) electrons. The Morgan fingerprint density at radius 3 is 3.00 bits per heavy atom. The van der Waals surface area contributed by atoms with Gasteiger partial charge in [0.1, 0.15) is 5.75 Å². The standard InChI is InChI=1S/C17H26N2O/c1-3-19-9-8-14(11-19)10-18-17-13(2)12-20-16-7-5-4-6-15(16)17/h4-7,13-14,17-18H,3,8-12H2,1-2H3. The summed E-state index contributed by atoms with van der Waals surface area (Å²) in [4.78, 5) is 2.55. The summed E-state index contributed by atoms with van der Waals surface area (Å²) in [6.07, 6.45) is 1.33. The van der Waals surface area contributed by atoms with Crippen molar-refractivity contribution in [1.82, 2.24) is 10.2 Å². The highest BCUT2D eigenvalue weighted by atomic mass is 16.5. The lowest BCUT2D eigenvalue weighted by Crippen LogP contribution is -2.37. The molecule has 3 rings (SSSR count). The van der Waals surface area contributed by atoms with Gasteiger partial charge in [0.2, 0.25) is 0 Å². The van der Waals surface area contributed by atoms with Gasteiger partial charge in [0.25, 0.3) is 0 Å². The van der Waals surface area contributed by atoms with E-state index in [1.54, 1.807) is 0 Å². The Morgan fingerprint density at radius 2 is 2.20 bits per heavy atom.